The Labute approximate surface area is 392 Å². The van der Waals surface area contributed by atoms with Crippen LogP contribution in [0.15, 0.2) is 115 Å². The number of rotatable bonds is 29. The summed E-state index contributed by atoms with van der Waals surface area (Å²) in [5.41, 5.74) is 3.85. The second kappa shape index (κ2) is 26.1. The van der Waals surface area contributed by atoms with Gasteiger partial charge < -0.3 is 48.6 Å². The Balaban J connectivity index is 1.49. The van der Waals surface area contributed by atoms with Gasteiger partial charge in [0.25, 0.3) is 5.69 Å². The molecule has 16 nitrogen and oxygen atoms in total. The van der Waals surface area contributed by atoms with Crippen LogP contribution in [0.5, 0.6) is 11.5 Å². The van der Waals surface area contributed by atoms with Crippen molar-refractivity contribution >= 4 is 17.5 Å². The first-order valence-corrected chi connectivity index (χ1v) is 23.2. The Morgan fingerprint density at radius 2 is 1.61 bits per heavy atom. The van der Waals surface area contributed by atoms with Crippen LogP contribution in [0.3, 0.4) is 0 Å². The highest BCUT2D eigenvalue weighted by Gasteiger charge is 2.65. The zero-order chi connectivity index (χ0) is 47.4. The van der Waals surface area contributed by atoms with Crippen LogP contribution in [0.1, 0.15) is 67.6 Å². The maximum absolute atomic E-state index is 14.7. The van der Waals surface area contributed by atoms with Gasteiger partial charge in [-0.2, -0.15) is 0 Å². The van der Waals surface area contributed by atoms with Gasteiger partial charge in [0.2, 0.25) is 5.79 Å². The number of nitro groups is 1. The van der Waals surface area contributed by atoms with Gasteiger partial charge in [0.1, 0.15) is 37.4 Å². The number of aliphatic hydroxyl groups is 3. The number of ether oxygens (including phenoxy) is 6. The van der Waals surface area contributed by atoms with Gasteiger partial charge in [0.15, 0.2) is 0 Å². The van der Waals surface area contributed by atoms with E-state index in [1.54, 1.807) is 29.2 Å². The molecule has 0 bridgehead atoms. The highest BCUT2D eigenvalue weighted by atomic mass is 16.7. The molecule has 1 fully saturated rings. The topological polar surface area (TPSA) is 201 Å². The number of hydrogen-bond donors (Lipinski definition) is 3. The van der Waals surface area contributed by atoms with Gasteiger partial charge in [-0.25, -0.2) is 4.79 Å². The number of carbonyl (C=O) groups excluding carboxylic acids is 1. The minimum absolute atomic E-state index is 0.00241. The summed E-state index contributed by atoms with van der Waals surface area (Å²) in [7, 11) is 0. The van der Waals surface area contributed by atoms with Gasteiger partial charge >= 0.3 is 6.09 Å². The maximum atomic E-state index is 14.7. The van der Waals surface area contributed by atoms with Crippen LogP contribution in [-0.4, -0.2) is 115 Å². The number of amides is 1. The average molecular weight is 928 g/mol. The minimum atomic E-state index is -1.57. The first-order chi connectivity index (χ1) is 32.8. The van der Waals surface area contributed by atoms with Crippen LogP contribution in [0, 0.1) is 27.9 Å². The lowest BCUT2D eigenvalue weighted by atomic mass is 9.55. The van der Waals surface area contributed by atoms with Crippen LogP contribution in [0.2, 0.25) is 0 Å². The molecule has 0 unspecified atom stereocenters. The van der Waals surface area contributed by atoms with E-state index in [0.717, 1.165) is 42.4 Å². The standard InChI is InChI=1S/C51H65N3O13/c1-3-26-63-41-20-21-46-44(33-41)48-42(15-9-11-24-56)39(14-8-10-23-55)32-43-45(52-66-36-38-16-18-40(19-17-38)54(59)60)34-47(51(67-46,49(43)48)65-27-4-2)53(22-28-61-29-25-57)50(58)64-31-30-62-35-37-12-6-5-7-13-37/h3-7,12-13,16-21,32-33,39,42,47-49,55-57H,1-2,8-11,14-15,22-31,34-36H2/t39-,42+,47-,48+,49+,51+/m0/s1. The Hall–Kier alpha value is -5.62. The van der Waals surface area contributed by atoms with Crippen molar-refractivity contribution in [2.45, 2.75) is 75.9 Å². The molecule has 0 spiro atoms. The molecule has 1 heterocycles. The first-order valence-electron chi connectivity index (χ1n) is 23.2. The fourth-order valence-corrected chi connectivity index (χ4v) is 9.53. The molecule has 1 amide bonds. The summed E-state index contributed by atoms with van der Waals surface area (Å²) in [5, 5.41) is 45.7. The number of nitrogens with zero attached hydrogens (tertiary/aromatic N) is 3. The number of hydrogen-bond acceptors (Lipinski definition) is 14. The van der Waals surface area contributed by atoms with Crippen molar-refractivity contribution in [3.8, 4) is 11.5 Å². The number of nitro benzene ring substituents is 1. The van der Waals surface area contributed by atoms with E-state index < -0.39 is 28.8 Å². The fraction of sp³-hybridized carbons (Fsp3) is 0.490. The lowest BCUT2D eigenvalue weighted by molar-refractivity contribution is -0.384. The lowest BCUT2D eigenvalue weighted by Crippen LogP contribution is -2.70. The van der Waals surface area contributed by atoms with Gasteiger partial charge in [0.05, 0.1) is 56.2 Å². The molecule has 3 N–H and O–H groups in total. The normalized spacial score (nSPS) is 22.1. The van der Waals surface area contributed by atoms with E-state index in [4.69, 9.17) is 38.4 Å². The second-order valence-corrected chi connectivity index (χ2v) is 16.8. The SMILES string of the molecule is C=CCOc1ccc2c(c1)[C@H]1[C@H](CCCCO)[C@@H](CCCCO)C=C3C(=NOCc4ccc([N+](=O)[O-])cc4)C[C@H](N(CCOCCO)C(=O)OCCOCc4ccccc4)[C@@](OCC=C)(O2)[C@H]31. The monoisotopic (exact) mass is 927 g/mol. The molecule has 2 aliphatic carbocycles. The predicted octanol–water partition coefficient (Wildman–Crippen LogP) is 7.66. The zero-order valence-electron chi connectivity index (χ0n) is 38.2. The van der Waals surface area contributed by atoms with Gasteiger partial charge in [-0.3, -0.25) is 15.0 Å². The van der Waals surface area contributed by atoms with E-state index in [1.165, 1.54) is 12.1 Å². The lowest BCUT2D eigenvalue weighted by Gasteiger charge is -2.59. The zero-order valence-corrected chi connectivity index (χ0v) is 38.2. The molecular formula is C51H65N3O13. The number of allylic oxidation sites excluding steroid dienone is 1. The van der Waals surface area contributed by atoms with E-state index in [9.17, 15) is 30.2 Å². The molecule has 0 saturated heterocycles. The molecule has 3 aromatic rings. The number of aliphatic hydroxyl groups excluding tert-OH is 3. The first kappa shape index (κ1) is 50.8. The summed E-state index contributed by atoms with van der Waals surface area (Å²) in [6.07, 6.45) is 9.19. The number of unbranched alkanes of at least 4 members (excludes halogenated alkanes) is 2. The summed E-state index contributed by atoms with van der Waals surface area (Å²) in [4.78, 5) is 33.3. The third-order valence-corrected chi connectivity index (χ3v) is 12.5. The second-order valence-electron chi connectivity index (χ2n) is 16.8. The van der Waals surface area contributed by atoms with E-state index in [1.807, 2.05) is 48.5 Å². The Bertz CT molecular complexity index is 2120. The van der Waals surface area contributed by atoms with Crippen LogP contribution in [0.4, 0.5) is 10.5 Å². The van der Waals surface area contributed by atoms with Gasteiger partial charge in [-0.05, 0) is 84.6 Å². The molecule has 6 rings (SSSR count). The van der Waals surface area contributed by atoms with Gasteiger partial charge in [0, 0.05) is 49.8 Å². The summed E-state index contributed by atoms with van der Waals surface area (Å²) in [6, 6.07) is 20.5. The fourth-order valence-electron chi connectivity index (χ4n) is 9.53. The van der Waals surface area contributed by atoms with Crippen LogP contribution >= 0.6 is 0 Å². The Morgan fingerprint density at radius 1 is 0.866 bits per heavy atom. The van der Waals surface area contributed by atoms with Crippen molar-refractivity contribution < 1.29 is 58.3 Å². The molecule has 362 valence electrons. The van der Waals surface area contributed by atoms with Gasteiger partial charge in [-0.1, -0.05) is 73.1 Å². The third-order valence-electron chi connectivity index (χ3n) is 12.5. The van der Waals surface area contributed by atoms with E-state index in [0.29, 0.717) is 42.2 Å². The molecule has 67 heavy (non-hydrogen) atoms. The van der Waals surface area contributed by atoms with Gasteiger partial charge in [-0.15, -0.1) is 6.58 Å². The predicted molar refractivity (Wildman–Crippen MR) is 251 cm³/mol. The number of oxime groups is 1. The molecule has 6 atom stereocenters. The Kier molecular flexibility index (Phi) is 19.8. The van der Waals surface area contributed by atoms with Crippen molar-refractivity contribution in [2.24, 2.45) is 22.9 Å². The van der Waals surface area contributed by atoms with Crippen LogP contribution in [-0.2, 0) is 37.0 Å². The number of benzene rings is 3. The minimum Gasteiger partial charge on any atom is -0.490 e. The molecule has 1 aliphatic heterocycles. The van der Waals surface area contributed by atoms with Crippen LogP contribution < -0.4 is 9.47 Å². The number of non-ortho nitro benzene ring substituents is 1. The molecule has 0 aromatic heterocycles. The number of carbonyl (C=O) groups is 1. The van der Waals surface area contributed by atoms with E-state index in [2.05, 4.69) is 19.2 Å². The quantitative estimate of drug-likeness (QED) is 0.0266. The average Bonchev–Trinajstić information content (AvgIpc) is 3.34. The van der Waals surface area contributed by atoms with Crippen molar-refractivity contribution in [2.75, 3.05) is 66.0 Å². The van der Waals surface area contributed by atoms with Crippen molar-refractivity contribution in [3.05, 3.63) is 137 Å². The number of fused-ring (bicyclic) bond motifs is 2. The molecule has 3 aliphatic rings. The smallest absolute Gasteiger partial charge is 0.410 e. The Morgan fingerprint density at radius 3 is 2.33 bits per heavy atom. The highest BCUT2D eigenvalue weighted by molar-refractivity contribution is 6.03. The summed E-state index contributed by atoms with van der Waals surface area (Å²) < 4.78 is 38.1. The summed E-state index contributed by atoms with van der Waals surface area (Å²) in [5.74, 6) is -1.34. The molecule has 0 radical (unpaired) electrons. The summed E-state index contributed by atoms with van der Waals surface area (Å²) >= 11 is 0. The van der Waals surface area contributed by atoms with E-state index >= 15 is 0 Å². The van der Waals surface area contributed by atoms with Crippen molar-refractivity contribution in [1.29, 1.82) is 0 Å². The molecule has 3 aromatic carbocycles. The molecule has 1 saturated carbocycles. The third kappa shape index (κ3) is 13.1. The van der Waals surface area contributed by atoms with E-state index in [-0.39, 0.29) is 102 Å². The van der Waals surface area contributed by atoms with Crippen LogP contribution in [0.25, 0.3) is 0 Å². The highest BCUT2D eigenvalue weighted by Crippen LogP contribution is 2.62. The largest absolute Gasteiger partial charge is 0.490 e. The van der Waals surface area contributed by atoms with Crippen molar-refractivity contribution in [3.63, 3.8) is 0 Å². The maximum Gasteiger partial charge on any atom is 0.410 e. The molecular weight excluding hydrogens is 863 g/mol. The van der Waals surface area contributed by atoms with Crippen molar-refractivity contribution in [1.82, 2.24) is 4.90 Å². The summed E-state index contributed by atoms with van der Waals surface area (Å²) in [6.45, 7) is 8.60. The molecule has 16 heteroatoms.